The van der Waals surface area contributed by atoms with Gasteiger partial charge in [0.1, 0.15) is 5.25 Å². The lowest BCUT2D eigenvalue weighted by molar-refractivity contribution is -0.136. The minimum atomic E-state index is -0.854. The van der Waals surface area contributed by atoms with Crippen molar-refractivity contribution in [3.8, 4) is 0 Å². The third kappa shape index (κ3) is 2.50. The topological polar surface area (TPSA) is 63.1 Å². The molecular weight excluding hydrogens is 176 g/mol. The van der Waals surface area contributed by atoms with Gasteiger partial charge in [-0.2, -0.15) is 0 Å². The zero-order chi connectivity index (χ0) is 8.97. The first kappa shape index (κ1) is 8.99. The van der Waals surface area contributed by atoms with Crippen molar-refractivity contribution in [1.29, 1.82) is 0 Å². The van der Waals surface area contributed by atoms with Crippen molar-refractivity contribution in [3.63, 3.8) is 0 Å². The predicted octanol–water partition coefficient (Wildman–Crippen LogP) is 1.04. The van der Waals surface area contributed by atoms with Gasteiger partial charge in [0.2, 0.25) is 0 Å². The van der Waals surface area contributed by atoms with Crippen LogP contribution in [-0.4, -0.2) is 26.3 Å². The van der Waals surface area contributed by atoms with Crippen LogP contribution < -0.4 is 0 Å². The molecule has 5 heteroatoms. The molecule has 1 unspecified atom stereocenters. The molecule has 0 aliphatic heterocycles. The van der Waals surface area contributed by atoms with E-state index < -0.39 is 11.2 Å². The molecular formula is C7H8N2O2S. The van der Waals surface area contributed by atoms with Crippen LogP contribution in [0.5, 0.6) is 0 Å². The molecule has 1 heterocycles. The Morgan fingerprint density at radius 3 is 2.67 bits per heavy atom. The maximum absolute atomic E-state index is 10.4. The molecule has 1 aromatic rings. The summed E-state index contributed by atoms with van der Waals surface area (Å²) < 4.78 is 0. The smallest absolute Gasteiger partial charge is 0.316 e. The van der Waals surface area contributed by atoms with E-state index in [4.69, 9.17) is 5.11 Å². The Morgan fingerprint density at radius 1 is 1.58 bits per heavy atom. The number of carbonyl (C=O) groups is 1. The van der Waals surface area contributed by atoms with Gasteiger partial charge in [-0.05, 0) is 13.0 Å². The van der Waals surface area contributed by atoms with Crippen LogP contribution in [0.4, 0.5) is 0 Å². The van der Waals surface area contributed by atoms with Crippen molar-refractivity contribution in [3.05, 3.63) is 18.5 Å². The van der Waals surface area contributed by atoms with Gasteiger partial charge in [0, 0.05) is 12.4 Å². The number of hydrogen-bond donors (Lipinski definition) is 1. The van der Waals surface area contributed by atoms with E-state index >= 15 is 0 Å². The van der Waals surface area contributed by atoms with Gasteiger partial charge in [0.25, 0.3) is 0 Å². The van der Waals surface area contributed by atoms with Crippen molar-refractivity contribution >= 4 is 17.7 Å². The fourth-order valence-electron chi connectivity index (χ4n) is 0.555. The average Bonchev–Trinajstić information content (AvgIpc) is 2.06. The van der Waals surface area contributed by atoms with Gasteiger partial charge in [-0.15, -0.1) is 0 Å². The summed E-state index contributed by atoms with van der Waals surface area (Å²) in [6.45, 7) is 1.60. The van der Waals surface area contributed by atoms with E-state index in [1.807, 2.05) is 0 Å². The molecule has 1 aromatic heterocycles. The Balaban J connectivity index is 2.58. The summed E-state index contributed by atoms with van der Waals surface area (Å²) in [4.78, 5) is 18.2. The van der Waals surface area contributed by atoms with Gasteiger partial charge in [-0.25, -0.2) is 9.97 Å². The van der Waals surface area contributed by atoms with Crippen LogP contribution in [0.3, 0.4) is 0 Å². The van der Waals surface area contributed by atoms with Crippen LogP contribution in [0, 0.1) is 0 Å². The summed E-state index contributed by atoms with van der Waals surface area (Å²) in [6.07, 6.45) is 3.17. The highest BCUT2D eigenvalue weighted by Gasteiger charge is 2.13. The monoisotopic (exact) mass is 184 g/mol. The van der Waals surface area contributed by atoms with E-state index in [1.165, 1.54) is 0 Å². The molecule has 0 aromatic carbocycles. The second-order valence-corrected chi connectivity index (χ2v) is 3.44. The number of carboxylic acid groups (broad SMARTS) is 1. The summed E-state index contributed by atoms with van der Waals surface area (Å²) in [5, 5.41) is 8.55. The SMILES string of the molecule is CC(Sc1ncccn1)C(=O)O. The molecule has 0 aliphatic rings. The fourth-order valence-corrected chi connectivity index (χ4v) is 1.22. The molecule has 64 valence electrons. The van der Waals surface area contributed by atoms with Gasteiger partial charge in [0.05, 0.1) is 0 Å². The number of carboxylic acids is 1. The van der Waals surface area contributed by atoms with E-state index in [0.29, 0.717) is 5.16 Å². The van der Waals surface area contributed by atoms with E-state index in [1.54, 1.807) is 25.4 Å². The highest BCUT2D eigenvalue weighted by Crippen LogP contribution is 2.17. The fraction of sp³-hybridized carbons (Fsp3) is 0.286. The molecule has 12 heavy (non-hydrogen) atoms. The minimum Gasteiger partial charge on any atom is -0.480 e. The van der Waals surface area contributed by atoms with Crippen molar-refractivity contribution in [2.75, 3.05) is 0 Å². The van der Waals surface area contributed by atoms with Crippen molar-refractivity contribution in [2.45, 2.75) is 17.3 Å². The van der Waals surface area contributed by atoms with Crippen molar-refractivity contribution in [1.82, 2.24) is 9.97 Å². The number of aliphatic carboxylic acids is 1. The Bertz CT molecular complexity index is 265. The first-order valence-electron chi connectivity index (χ1n) is 3.36. The summed E-state index contributed by atoms with van der Waals surface area (Å²) >= 11 is 1.13. The predicted molar refractivity (Wildman–Crippen MR) is 45.0 cm³/mol. The molecule has 4 nitrogen and oxygen atoms in total. The Morgan fingerprint density at radius 2 is 2.17 bits per heavy atom. The van der Waals surface area contributed by atoms with Gasteiger partial charge >= 0.3 is 5.97 Å². The van der Waals surface area contributed by atoms with Crippen LogP contribution in [0.15, 0.2) is 23.6 Å². The molecule has 0 fully saturated rings. The average molecular weight is 184 g/mol. The number of hydrogen-bond acceptors (Lipinski definition) is 4. The van der Waals surface area contributed by atoms with E-state index in [9.17, 15) is 4.79 Å². The Kier molecular flexibility index (Phi) is 3.04. The first-order valence-corrected chi connectivity index (χ1v) is 4.24. The van der Waals surface area contributed by atoms with Gasteiger partial charge < -0.3 is 5.11 Å². The zero-order valence-electron chi connectivity index (χ0n) is 6.47. The van der Waals surface area contributed by atoms with E-state index in [2.05, 4.69) is 9.97 Å². The quantitative estimate of drug-likeness (QED) is 0.561. The number of rotatable bonds is 3. The zero-order valence-corrected chi connectivity index (χ0v) is 7.28. The lowest BCUT2D eigenvalue weighted by atomic mass is 10.5. The number of aromatic nitrogens is 2. The maximum Gasteiger partial charge on any atom is 0.316 e. The summed E-state index contributed by atoms with van der Waals surface area (Å²) in [5.74, 6) is -0.854. The second kappa shape index (κ2) is 4.06. The van der Waals surface area contributed by atoms with Crippen LogP contribution >= 0.6 is 11.8 Å². The Hall–Kier alpha value is -1.10. The van der Waals surface area contributed by atoms with Gasteiger partial charge in [-0.3, -0.25) is 4.79 Å². The van der Waals surface area contributed by atoms with Crippen LogP contribution in [0.25, 0.3) is 0 Å². The summed E-state index contributed by atoms with van der Waals surface area (Å²) in [6, 6.07) is 1.69. The van der Waals surface area contributed by atoms with Crippen LogP contribution in [0.1, 0.15) is 6.92 Å². The second-order valence-electron chi connectivity index (χ2n) is 2.13. The molecule has 0 radical (unpaired) electrons. The molecule has 0 saturated heterocycles. The first-order chi connectivity index (χ1) is 5.70. The lowest BCUT2D eigenvalue weighted by Gasteiger charge is -2.02. The number of thioether (sulfide) groups is 1. The van der Waals surface area contributed by atoms with Gasteiger partial charge in [-0.1, -0.05) is 11.8 Å². The minimum absolute atomic E-state index is 0.493. The normalized spacial score (nSPS) is 12.4. The largest absolute Gasteiger partial charge is 0.480 e. The molecule has 0 spiro atoms. The Labute approximate surface area is 74.0 Å². The maximum atomic E-state index is 10.4. The molecule has 0 bridgehead atoms. The standard InChI is InChI=1S/C7H8N2O2S/c1-5(6(10)11)12-7-8-3-2-4-9-7/h2-5H,1H3,(H,10,11). The molecule has 1 N–H and O–H groups in total. The molecule has 0 aliphatic carbocycles. The van der Waals surface area contributed by atoms with Crippen molar-refractivity contribution < 1.29 is 9.90 Å². The lowest BCUT2D eigenvalue weighted by Crippen LogP contribution is -2.11. The molecule has 0 amide bonds. The van der Waals surface area contributed by atoms with Crippen molar-refractivity contribution in [2.24, 2.45) is 0 Å². The van der Waals surface area contributed by atoms with E-state index in [-0.39, 0.29) is 0 Å². The summed E-state index contributed by atoms with van der Waals surface area (Å²) in [5.41, 5.74) is 0. The van der Waals surface area contributed by atoms with Gasteiger partial charge in [0.15, 0.2) is 5.16 Å². The summed E-state index contributed by atoms with van der Waals surface area (Å²) in [7, 11) is 0. The van der Waals surface area contributed by atoms with Crippen LogP contribution in [0.2, 0.25) is 0 Å². The third-order valence-corrected chi connectivity index (χ3v) is 2.15. The highest BCUT2D eigenvalue weighted by molar-refractivity contribution is 8.00. The van der Waals surface area contributed by atoms with Crippen LogP contribution in [-0.2, 0) is 4.79 Å². The molecule has 1 rings (SSSR count). The molecule has 1 atom stereocenters. The van der Waals surface area contributed by atoms with E-state index in [0.717, 1.165) is 11.8 Å². The highest BCUT2D eigenvalue weighted by atomic mass is 32.2. The third-order valence-electron chi connectivity index (χ3n) is 1.17. The number of nitrogens with zero attached hydrogens (tertiary/aromatic N) is 2. The molecule has 0 saturated carbocycles.